The van der Waals surface area contributed by atoms with E-state index in [1.54, 1.807) is 0 Å². The van der Waals surface area contributed by atoms with E-state index >= 15 is 0 Å². The van der Waals surface area contributed by atoms with E-state index in [2.05, 4.69) is 14.7 Å². The van der Waals surface area contributed by atoms with E-state index in [1.165, 1.54) is 19.3 Å². The second-order valence-electron chi connectivity index (χ2n) is 5.95. The molecule has 0 spiro atoms. The average molecular weight is 249 g/mol. The van der Waals surface area contributed by atoms with Crippen molar-refractivity contribution < 1.29 is 5.11 Å². The van der Waals surface area contributed by atoms with Crippen LogP contribution in [0.5, 0.6) is 0 Å². The number of likely N-dealkylation sites (tertiary alicyclic amines) is 1. The van der Waals surface area contributed by atoms with Gasteiger partial charge in [-0.3, -0.25) is 9.58 Å². The van der Waals surface area contributed by atoms with Gasteiger partial charge in [-0.15, -0.1) is 0 Å². The van der Waals surface area contributed by atoms with Crippen LogP contribution in [0.3, 0.4) is 0 Å². The summed E-state index contributed by atoms with van der Waals surface area (Å²) in [5.41, 5.74) is -0.419. The van der Waals surface area contributed by atoms with Crippen molar-refractivity contribution in [2.24, 2.45) is 0 Å². The van der Waals surface area contributed by atoms with Crippen molar-refractivity contribution >= 4 is 0 Å². The van der Waals surface area contributed by atoms with Crippen LogP contribution in [0.15, 0.2) is 18.5 Å². The molecular formula is C14H23N3O. The fourth-order valence-electron chi connectivity index (χ4n) is 3.45. The van der Waals surface area contributed by atoms with Gasteiger partial charge in [0.15, 0.2) is 0 Å². The zero-order chi connectivity index (χ0) is 12.4. The first-order valence-corrected chi connectivity index (χ1v) is 7.19. The molecule has 1 saturated carbocycles. The molecule has 1 atom stereocenters. The van der Waals surface area contributed by atoms with Crippen molar-refractivity contribution in [2.75, 3.05) is 19.6 Å². The van der Waals surface area contributed by atoms with Crippen LogP contribution in [0.25, 0.3) is 0 Å². The van der Waals surface area contributed by atoms with Crippen molar-refractivity contribution in [3.05, 3.63) is 18.5 Å². The number of rotatable bonds is 3. The topological polar surface area (TPSA) is 41.3 Å². The quantitative estimate of drug-likeness (QED) is 0.888. The minimum absolute atomic E-state index is 0.419. The maximum absolute atomic E-state index is 10.6. The van der Waals surface area contributed by atoms with Crippen molar-refractivity contribution in [3.8, 4) is 0 Å². The third kappa shape index (κ3) is 2.59. The molecule has 0 bridgehead atoms. The highest BCUT2D eigenvalue weighted by Gasteiger charge is 2.34. The SMILES string of the molecule is OC1(CN2CCC(n3cccn3)C2)CCCCC1. The number of nitrogens with zero attached hydrogens (tertiary/aromatic N) is 3. The lowest BCUT2D eigenvalue weighted by atomic mass is 9.84. The fraction of sp³-hybridized carbons (Fsp3) is 0.786. The van der Waals surface area contributed by atoms with Crippen LogP contribution in [-0.4, -0.2) is 45.0 Å². The number of β-amino-alcohol motifs (C(OH)–C–C–N with tert-alkyl or cyclic N) is 1. The Balaban J connectivity index is 1.56. The fourth-order valence-corrected chi connectivity index (χ4v) is 3.45. The maximum Gasteiger partial charge on any atom is 0.0774 e. The van der Waals surface area contributed by atoms with E-state index in [4.69, 9.17) is 0 Å². The first-order chi connectivity index (χ1) is 8.75. The van der Waals surface area contributed by atoms with E-state index in [0.717, 1.165) is 38.9 Å². The summed E-state index contributed by atoms with van der Waals surface area (Å²) in [4.78, 5) is 2.41. The molecule has 0 radical (unpaired) electrons. The molecule has 3 rings (SSSR count). The predicted octanol–water partition coefficient (Wildman–Crippen LogP) is 1.83. The molecule has 1 aromatic heterocycles. The molecule has 0 aromatic carbocycles. The van der Waals surface area contributed by atoms with Crippen LogP contribution < -0.4 is 0 Å². The van der Waals surface area contributed by atoms with Gasteiger partial charge in [0.2, 0.25) is 0 Å². The molecule has 4 heteroatoms. The highest BCUT2D eigenvalue weighted by molar-refractivity contribution is 4.91. The Kier molecular flexibility index (Phi) is 3.39. The summed E-state index contributed by atoms with van der Waals surface area (Å²) in [6.07, 6.45) is 10.7. The second kappa shape index (κ2) is 5.02. The van der Waals surface area contributed by atoms with E-state index in [0.29, 0.717) is 6.04 Å². The minimum Gasteiger partial charge on any atom is -0.389 e. The van der Waals surface area contributed by atoms with E-state index in [-0.39, 0.29) is 0 Å². The van der Waals surface area contributed by atoms with Gasteiger partial charge in [0.1, 0.15) is 0 Å². The van der Waals surface area contributed by atoms with Crippen LogP contribution in [0.1, 0.15) is 44.6 Å². The zero-order valence-corrected chi connectivity index (χ0v) is 11.0. The molecule has 1 aromatic rings. The van der Waals surface area contributed by atoms with Crippen molar-refractivity contribution in [1.82, 2.24) is 14.7 Å². The first-order valence-electron chi connectivity index (χ1n) is 7.19. The van der Waals surface area contributed by atoms with Crippen LogP contribution in [0.4, 0.5) is 0 Å². The van der Waals surface area contributed by atoms with Crippen LogP contribution in [-0.2, 0) is 0 Å². The Bertz CT molecular complexity index is 370. The Hall–Kier alpha value is -0.870. The molecule has 1 aliphatic heterocycles. The largest absolute Gasteiger partial charge is 0.389 e. The number of hydrogen-bond donors (Lipinski definition) is 1. The van der Waals surface area contributed by atoms with Gasteiger partial charge in [-0.05, 0) is 25.3 Å². The standard InChI is InChI=1S/C14H23N3O/c18-14(6-2-1-3-7-14)12-16-10-5-13(11-16)17-9-4-8-15-17/h4,8-9,13,18H,1-3,5-7,10-12H2. The Morgan fingerprint density at radius 3 is 2.83 bits per heavy atom. The Morgan fingerprint density at radius 1 is 1.28 bits per heavy atom. The van der Waals surface area contributed by atoms with E-state index in [1.807, 2.05) is 18.5 Å². The highest BCUT2D eigenvalue weighted by atomic mass is 16.3. The van der Waals surface area contributed by atoms with Crippen molar-refractivity contribution in [1.29, 1.82) is 0 Å². The Morgan fingerprint density at radius 2 is 2.11 bits per heavy atom. The molecule has 2 heterocycles. The van der Waals surface area contributed by atoms with Gasteiger partial charge in [-0.1, -0.05) is 19.3 Å². The molecule has 1 aliphatic carbocycles. The van der Waals surface area contributed by atoms with Gasteiger partial charge in [0, 0.05) is 32.0 Å². The zero-order valence-electron chi connectivity index (χ0n) is 11.0. The van der Waals surface area contributed by atoms with Gasteiger partial charge in [0.05, 0.1) is 11.6 Å². The third-order valence-corrected chi connectivity index (χ3v) is 4.45. The third-order valence-electron chi connectivity index (χ3n) is 4.45. The monoisotopic (exact) mass is 249 g/mol. The van der Waals surface area contributed by atoms with Crippen LogP contribution >= 0.6 is 0 Å². The van der Waals surface area contributed by atoms with Gasteiger partial charge in [-0.25, -0.2) is 0 Å². The molecule has 1 N–H and O–H groups in total. The van der Waals surface area contributed by atoms with Crippen LogP contribution in [0.2, 0.25) is 0 Å². The lowest BCUT2D eigenvalue weighted by Crippen LogP contribution is -2.43. The summed E-state index contributed by atoms with van der Waals surface area (Å²) in [5.74, 6) is 0. The van der Waals surface area contributed by atoms with Gasteiger partial charge in [-0.2, -0.15) is 5.10 Å². The lowest BCUT2D eigenvalue weighted by molar-refractivity contribution is -0.0220. The molecule has 0 amide bonds. The number of aromatic nitrogens is 2. The smallest absolute Gasteiger partial charge is 0.0774 e. The molecule has 100 valence electrons. The summed E-state index contributed by atoms with van der Waals surface area (Å²) in [7, 11) is 0. The molecule has 18 heavy (non-hydrogen) atoms. The summed E-state index contributed by atoms with van der Waals surface area (Å²) in [5, 5.41) is 14.9. The minimum atomic E-state index is -0.419. The maximum atomic E-state index is 10.6. The molecule has 1 saturated heterocycles. The number of aliphatic hydroxyl groups is 1. The molecule has 1 unspecified atom stereocenters. The van der Waals surface area contributed by atoms with Crippen molar-refractivity contribution in [3.63, 3.8) is 0 Å². The van der Waals surface area contributed by atoms with E-state index in [9.17, 15) is 5.11 Å². The van der Waals surface area contributed by atoms with Gasteiger partial charge < -0.3 is 5.11 Å². The second-order valence-corrected chi connectivity index (χ2v) is 5.95. The molecular weight excluding hydrogens is 226 g/mol. The first kappa shape index (κ1) is 12.2. The van der Waals surface area contributed by atoms with E-state index < -0.39 is 5.60 Å². The summed E-state index contributed by atoms with van der Waals surface area (Å²) < 4.78 is 2.06. The molecule has 2 aliphatic rings. The Labute approximate surface area is 109 Å². The summed E-state index contributed by atoms with van der Waals surface area (Å²) >= 11 is 0. The normalized spacial score (nSPS) is 28.6. The average Bonchev–Trinajstić information content (AvgIpc) is 2.99. The highest BCUT2D eigenvalue weighted by Crippen LogP contribution is 2.31. The summed E-state index contributed by atoms with van der Waals surface area (Å²) in [6, 6.07) is 2.48. The predicted molar refractivity (Wildman–Crippen MR) is 70.4 cm³/mol. The molecule has 4 nitrogen and oxygen atoms in total. The van der Waals surface area contributed by atoms with Gasteiger partial charge >= 0.3 is 0 Å². The van der Waals surface area contributed by atoms with Gasteiger partial charge in [0.25, 0.3) is 0 Å². The number of hydrogen-bond acceptors (Lipinski definition) is 3. The van der Waals surface area contributed by atoms with Crippen LogP contribution in [0, 0.1) is 0 Å². The summed E-state index contributed by atoms with van der Waals surface area (Å²) in [6.45, 7) is 2.97. The molecule has 2 fully saturated rings. The lowest BCUT2D eigenvalue weighted by Gasteiger charge is -2.35. The van der Waals surface area contributed by atoms with Crippen molar-refractivity contribution in [2.45, 2.75) is 50.2 Å².